The summed E-state index contributed by atoms with van der Waals surface area (Å²) >= 11 is 0. The fourth-order valence-corrected chi connectivity index (χ4v) is 6.28. The molecule has 7 nitrogen and oxygen atoms in total. The third-order valence-corrected chi connectivity index (χ3v) is 8.02. The van der Waals surface area contributed by atoms with Gasteiger partial charge in [-0.3, -0.25) is 4.68 Å². The molecule has 1 N–H and O–H groups in total. The maximum atomic E-state index is 13.1. The molecule has 4 aromatic rings. The molecule has 0 amide bonds. The molecule has 2 aliphatic rings. The maximum Gasteiger partial charge on any atom is 0.356 e. The van der Waals surface area contributed by atoms with E-state index in [4.69, 9.17) is 15.1 Å². The minimum Gasteiger partial charge on any atom is -0.461 e. The van der Waals surface area contributed by atoms with Crippen molar-refractivity contribution in [1.82, 2.24) is 20.2 Å². The summed E-state index contributed by atoms with van der Waals surface area (Å²) in [6.07, 6.45) is 2.49. The summed E-state index contributed by atoms with van der Waals surface area (Å²) in [5, 5.41) is 16.4. The minimum absolute atomic E-state index is 0.300. The smallest absolute Gasteiger partial charge is 0.356 e. The van der Waals surface area contributed by atoms with Crippen LogP contribution in [0.4, 0.5) is 0 Å². The van der Waals surface area contributed by atoms with Crippen molar-refractivity contribution in [3.05, 3.63) is 130 Å². The zero-order valence-electron chi connectivity index (χ0n) is 23.2. The van der Waals surface area contributed by atoms with Crippen molar-refractivity contribution in [1.29, 1.82) is 5.26 Å². The predicted octanol–water partition coefficient (Wildman–Crippen LogP) is 5.83. The van der Waals surface area contributed by atoms with Crippen LogP contribution in [0.5, 0.6) is 0 Å². The van der Waals surface area contributed by atoms with E-state index in [1.807, 2.05) is 25.1 Å². The van der Waals surface area contributed by atoms with E-state index >= 15 is 0 Å². The molecule has 0 fully saturated rings. The van der Waals surface area contributed by atoms with Crippen molar-refractivity contribution in [2.45, 2.75) is 44.7 Å². The number of allylic oxidation sites excluding steroid dienone is 1. The van der Waals surface area contributed by atoms with Gasteiger partial charge >= 0.3 is 5.97 Å². The number of unbranched alkanes of at least 4 members (excludes halogenated alkanes) is 1. The van der Waals surface area contributed by atoms with Gasteiger partial charge in [-0.1, -0.05) is 91.0 Å². The number of esters is 1. The van der Waals surface area contributed by atoms with Gasteiger partial charge in [0, 0.05) is 36.3 Å². The van der Waals surface area contributed by atoms with Crippen LogP contribution in [0, 0.1) is 11.3 Å². The molecule has 0 spiro atoms. The van der Waals surface area contributed by atoms with Gasteiger partial charge in [0.1, 0.15) is 11.2 Å². The molecule has 1 aliphatic carbocycles. The fourth-order valence-electron chi connectivity index (χ4n) is 6.28. The Morgan fingerprint density at radius 1 is 0.951 bits per heavy atom. The lowest BCUT2D eigenvalue weighted by Gasteiger charge is -2.43. The number of nitrogens with one attached hydrogen (secondary N) is 1. The Bertz CT molecular complexity index is 1510. The van der Waals surface area contributed by atoms with Crippen molar-refractivity contribution in [2.75, 3.05) is 13.2 Å². The topological polar surface area (TPSA) is 83.2 Å². The molecule has 0 unspecified atom stereocenters. The number of nitriles is 1. The number of carbonyl (C=O) groups excluding carboxylic acids is 1. The van der Waals surface area contributed by atoms with Gasteiger partial charge in [0.25, 0.3) is 0 Å². The fraction of sp³-hybridized carbons (Fsp3) is 0.265. The highest BCUT2D eigenvalue weighted by atomic mass is 16.5. The Labute approximate surface area is 240 Å². The number of carbonyl (C=O) groups is 1. The zero-order valence-corrected chi connectivity index (χ0v) is 23.2. The predicted molar refractivity (Wildman–Crippen MR) is 157 cm³/mol. The Morgan fingerprint density at radius 3 is 2.07 bits per heavy atom. The summed E-state index contributed by atoms with van der Waals surface area (Å²) in [4.78, 5) is 13.1. The summed E-state index contributed by atoms with van der Waals surface area (Å²) in [6, 6.07) is 34.0. The van der Waals surface area contributed by atoms with Gasteiger partial charge in [0.15, 0.2) is 0 Å². The summed E-state index contributed by atoms with van der Waals surface area (Å²) in [5.74, 6) is -0.350. The lowest BCUT2D eigenvalue weighted by molar-refractivity contribution is 0.0510. The number of hydrogen-bond donors (Lipinski definition) is 1. The first kappa shape index (κ1) is 26.5. The van der Waals surface area contributed by atoms with E-state index in [1.54, 1.807) is 4.68 Å². The molecule has 7 heteroatoms. The van der Waals surface area contributed by atoms with Crippen molar-refractivity contribution in [3.63, 3.8) is 0 Å². The second-order valence-electron chi connectivity index (χ2n) is 10.3. The molecule has 1 aromatic heterocycles. The summed E-state index contributed by atoms with van der Waals surface area (Å²) < 4.78 is 7.21. The van der Waals surface area contributed by atoms with Gasteiger partial charge in [-0.25, -0.2) is 4.79 Å². The van der Waals surface area contributed by atoms with E-state index in [1.165, 1.54) is 0 Å². The quantitative estimate of drug-likeness (QED) is 0.162. The molecule has 0 bridgehead atoms. The van der Waals surface area contributed by atoms with Crippen LogP contribution in [-0.4, -0.2) is 33.9 Å². The molecule has 206 valence electrons. The number of aryl methyl sites for hydroxylation is 1. The third kappa shape index (κ3) is 4.60. The molecule has 1 aliphatic heterocycles. The summed E-state index contributed by atoms with van der Waals surface area (Å²) in [7, 11) is 0. The SMILES string of the molecule is CCOC(=O)c1c2c(nn1CCCC#N)C1=C(CC2)NN(C(c2ccccc2)(c2ccccc2)c2ccccc2)C1. The molecule has 41 heavy (non-hydrogen) atoms. The first-order valence-electron chi connectivity index (χ1n) is 14.3. The Kier molecular flexibility index (Phi) is 7.41. The number of hydrazine groups is 1. The van der Waals surface area contributed by atoms with E-state index in [0.717, 1.165) is 45.6 Å². The van der Waals surface area contributed by atoms with Crippen LogP contribution in [0.3, 0.4) is 0 Å². The standard InChI is InChI=1S/C34H33N5O2/c1-2-41-33(40)32-28-20-21-30-29(31(28)37-38(32)23-13-12-22-35)24-39(36-30)34(25-14-6-3-7-15-25,26-16-8-4-9-17-26)27-18-10-5-11-19-27/h3-11,14-19,36H,2,12-13,20-21,23-24H2,1H3. The number of hydrogen-bond acceptors (Lipinski definition) is 6. The van der Waals surface area contributed by atoms with Crippen LogP contribution in [0.1, 0.15) is 64.6 Å². The highest BCUT2D eigenvalue weighted by molar-refractivity contribution is 5.92. The molecule has 0 saturated heterocycles. The van der Waals surface area contributed by atoms with Gasteiger partial charge in [-0.15, -0.1) is 0 Å². The average Bonchev–Trinajstić information content (AvgIpc) is 3.61. The maximum absolute atomic E-state index is 13.1. The second-order valence-corrected chi connectivity index (χ2v) is 10.3. The Morgan fingerprint density at radius 2 is 1.54 bits per heavy atom. The molecule has 6 rings (SSSR count). The van der Waals surface area contributed by atoms with Crippen molar-refractivity contribution >= 4 is 11.5 Å². The van der Waals surface area contributed by atoms with Gasteiger partial charge < -0.3 is 10.2 Å². The molecule has 0 radical (unpaired) electrons. The van der Waals surface area contributed by atoms with Crippen LogP contribution in [0.2, 0.25) is 0 Å². The lowest BCUT2D eigenvalue weighted by Crippen LogP contribution is -2.52. The summed E-state index contributed by atoms with van der Waals surface area (Å²) in [5.41, 5.74) is 11.2. The number of aromatic nitrogens is 2. The molecule has 0 atom stereocenters. The highest BCUT2D eigenvalue weighted by Gasteiger charge is 2.47. The molecule has 3 aromatic carbocycles. The van der Waals surface area contributed by atoms with Crippen molar-refractivity contribution < 1.29 is 9.53 Å². The average molecular weight is 544 g/mol. The van der Waals surface area contributed by atoms with Gasteiger partial charge in [-0.05, 0) is 42.9 Å². The van der Waals surface area contributed by atoms with Crippen LogP contribution in [0.15, 0.2) is 96.7 Å². The monoisotopic (exact) mass is 543 g/mol. The molecular weight excluding hydrogens is 510 g/mol. The number of ether oxygens (including phenoxy) is 1. The van der Waals surface area contributed by atoms with Gasteiger partial charge in [-0.2, -0.15) is 15.4 Å². The number of rotatable bonds is 9. The normalized spacial score (nSPS) is 14.6. The van der Waals surface area contributed by atoms with E-state index in [0.29, 0.717) is 44.7 Å². The third-order valence-electron chi connectivity index (χ3n) is 8.02. The number of benzene rings is 3. The zero-order chi connectivity index (χ0) is 28.2. The molecule has 0 saturated carbocycles. The number of fused-ring (bicyclic) bond motifs is 2. The van der Waals surface area contributed by atoms with E-state index in [2.05, 4.69) is 89.3 Å². The van der Waals surface area contributed by atoms with Crippen LogP contribution in [0.25, 0.3) is 5.57 Å². The van der Waals surface area contributed by atoms with Gasteiger partial charge in [0.2, 0.25) is 0 Å². The van der Waals surface area contributed by atoms with Crippen LogP contribution < -0.4 is 5.43 Å². The van der Waals surface area contributed by atoms with E-state index in [9.17, 15) is 4.79 Å². The van der Waals surface area contributed by atoms with Crippen molar-refractivity contribution in [2.24, 2.45) is 0 Å². The minimum atomic E-state index is -0.624. The van der Waals surface area contributed by atoms with Crippen molar-refractivity contribution in [3.8, 4) is 6.07 Å². The van der Waals surface area contributed by atoms with E-state index in [-0.39, 0.29) is 5.97 Å². The molecular formula is C34H33N5O2. The van der Waals surface area contributed by atoms with E-state index < -0.39 is 5.54 Å². The number of nitrogens with zero attached hydrogens (tertiary/aromatic N) is 4. The molecule has 2 heterocycles. The van der Waals surface area contributed by atoms with Crippen LogP contribution in [-0.2, 0) is 23.2 Å². The van der Waals surface area contributed by atoms with Gasteiger partial charge in [0.05, 0.1) is 18.4 Å². The van der Waals surface area contributed by atoms with Crippen LogP contribution >= 0.6 is 0 Å². The highest BCUT2D eigenvalue weighted by Crippen LogP contribution is 2.46. The Hall–Kier alpha value is -4.67. The summed E-state index contributed by atoms with van der Waals surface area (Å²) in [6.45, 7) is 3.21. The first-order valence-corrected chi connectivity index (χ1v) is 14.3. The largest absolute Gasteiger partial charge is 0.461 e. The Balaban J connectivity index is 1.47. The second kappa shape index (κ2) is 11.4. The lowest BCUT2D eigenvalue weighted by atomic mass is 9.76. The first-order chi connectivity index (χ1) is 20.2.